The van der Waals surface area contributed by atoms with Gasteiger partial charge in [0, 0.05) is 11.3 Å². The molecule has 1 N–H and O–H groups in total. The monoisotopic (exact) mass is 207 g/mol. The smallest absolute Gasteiger partial charge is 0.307 e. The number of nitriles is 1. The molecule has 0 aliphatic heterocycles. The van der Waals surface area contributed by atoms with E-state index in [1.54, 1.807) is 25.5 Å². The van der Waals surface area contributed by atoms with Gasteiger partial charge in [-0.15, -0.1) is 0 Å². The van der Waals surface area contributed by atoms with Gasteiger partial charge in [-0.1, -0.05) is 0 Å². The fraction of sp³-hybridized carbons (Fsp3) is 0.500. The molecule has 0 aromatic carbocycles. The molecule has 0 amide bonds. The molecule has 1 rings (SSSR count). The van der Waals surface area contributed by atoms with Crippen LogP contribution in [0.15, 0.2) is 0 Å². The first-order valence-corrected chi connectivity index (χ1v) is 4.63. The maximum Gasteiger partial charge on any atom is 0.307 e. The van der Waals surface area contributed by atoms with Crippen LogP contribution in [0.5, 0.6) is 0 Å². The van der Waals surface area contributed by atoms with Crippen molar-refractivity contribution in [1.29, 1.82) is 5.26 Å². The van der Waals surface area contributed by atoms with Crippen molar-refractivity contribution in [2.75, 3.05) is 0 Å². The summed E-state index contributed by atoms with van der Waals surface area (Å²) < 4.78 is 1.56. The van der Waals surface area contributed by atoms with Crippen molar-refractivity contribution in [3.63, 3.8) is 0 Å². The number of nitrogens with zero attached hydrogens (tertiary/aromatic N) is 3. The lowest BCUT2D eigenvalue weighted by Crippen LogP contribution is -2.08. The molecule has 5 nitrogen and oxygen atoms in total. The van der Waals surface area contributed by atoms with E-state index in [1.165, 1.54) is 0 Å². The molecule has 1 unspecified atom stereocenters. The van der Waals surface area contributed by atoms with Crippen LogP contribution in [0, 0.1) is 25.2 Å². The molecule has 15 heavy (non-hydrogen) atoms. The average molecular weight is 207 g/mol. The first kappa shape index (κ1) is 11.2. The number of hydrogen-bond acceptors (Lipinski definition) is 3. The average Bonchev–Trinajstić information content (AvgIpc) is 2.44. The molecule has 5 heteroatoms. The summed E-state index contributed by atoms with van der Waals surface area (Å²) >= 11 is 0. The van der Waals surface area contributed by atoms with Crippen molar-refractivity contribution in [3.8, 4) is 6.07 Å². The molecule has 0 saturated carbocycles. The molecule has 0 spiro atoms. The minimum atomic E-state index is -0.884. The fourth-order valence-electron chi connectivity index (χ4n) is 1.54. The maximum atomic E-state index is 10.6. The Bertz CT molecular complexity index is 429. The van der Waals surface area contributed by atoms with E-state index in [1.807, 2.05) is 0 Å². The van der Waals surface area contributed by atoms with Gasteiger partial charge in [0.15, 0.2) is 0 Å². The van der Waals surface area contributed by atoms with Crippen LogP contribution in [0.3, 0.4) is 0 Å². The number of rotatable bonds is 3. The Morgan fingerprint density at radius 1 is 1.67 bits per heavy atom. The second-order valence-electron chi connectivity index (χ2n) is 3.47. The minimum absolute atomic E-state index is 0.0458. The Hall–Kier alpha value is -1.83. The van der Waals surface area contributed by atoms with Gasteiger partial charge in [0.25, 0.3) is 0 Å². The molecule has 1 atom stereocenters. The number of carboxylic acids is 1. The fourth-order valence-corrected chi connectivity index (χ4v) is 1.54. The highest BCUT2D eigenvalue weighted by Gasteiger charge is 2.16. The lowest BCUT2D eigenvalue weighted by atomic mass is 10.1. The summed E-state index contributed by atoms with van der Waals surface area (Å²) in [6.07, 6.45) is -0.0458. The maximum absolute atomic E-state index is 10.6. The SMILES string of the molecule is Cc1nn(C(C)C#N)c(C)c1CC(=O)O. The summed E-state index contributed by atoms with van der Waals surface area (Å²) in [5.41, 5.74) is 2.13. The zero-order valence-corrected chi connectivity index (χ0v) is 8.98. The Morgan fingerprint density at radius 3 is 2.73 bits per heavy atom. The number of carbonyl (C=O) groups is 1. The molecule has 0 aliphatic carbocycles. The predicted molar refractivity (Wildman–Crippen MR) is 53.4 cm³/mol. The van der Waals surface area contributed by atoms with Gasteiger partial charge < -0.3 is 5.11 Å². The molecular weight excluding hydrogens is 194 g/mol. The quantitative estimate of drug-likeness (QED) is 0.808. The third kappa shape index (κ3) is 2.15. The molecule has 1 heterocycles. The summed E-state index contributed by atoms with van der Waals surface area (Å²) in [6, 6.07) is 1.70. The highest BCUT2D eigenvalue weighted by Crippen LogP contribution is 2.17. The van der Waals surface area contributed by atoms with Crippen molar-refractivity contribution in [1.82, 2.24) is 9.78 Å². The summed E-state index contributed by atoms with van der Waals surface area (Å²) in [5, 5.41) is 21.7. The largest absolute Gasteiger partial charge is 0.481 e. The Balaban J connectivity index is 3.15. The summed E-state index contributed by atoms with van der Waals surface area (Å²) in [5.74, 6) is -0.884. The zero-order chi connectivity index (χ0) is 11.6. The highest BCUT2D eigenvalue weighted by atomic mass is 16.4. The van der Waals surface area contributed by atoms with E-state index in [4.69, 9.17) is 10.4 Å². The standard InChI is InChI=1S/C10H13N3O2/c1-6(5-11)13-8(3)9(4-10(14)15)7(2)12-13/h6H,4H2,1-3H3,(H,14,15). The van der Waals surface area contributed by atoms with Gasteiger partial charge in [0.05, 0.1) is 18.2 Å². The molecule has 0 bridgehead atoms. The van der Waals surface area contributed by atoms with Crippen molar-refractivity contribution >= 4 is 5.97 Å². The van der Waals surface area contributed by atoms with Crippen LogP contribution in [0.1, 0.15) is 29.9 Å². The van der Waals surface area contributed by atoms with Crippen molar-refractivity contribution < 1.29 is 9.90 Å². The first-order valence-electron chi connectivity index (χ1n) is 4.63. The summed E-state index contributed by atoms with van der Waals surface area (Å²) in [6.45, 7) is 5.27. The molecular formula is C10H13N3O2. The van der Waals surface area contributed by atoms with E-state index >= 15 is 0 Å². The molecule has 1 aromatic heterocycles. The lowest BCUT2D eigenvalue weighted by Gasteiger charge is -2.05. The number of aromatic nitrogens is 2. The van der Waals surface area contributed by atoms with Crippen molar-refractivity contribution in [2.24, 2.45) is 0 Å². The van der Waals surface area contributed by atoms with E-state index < -0.39 is 5.97 Å². The number of carboxylic acid groups (broad SMARTS) is 1. The van der Waals surface area contributed by atoms with Gasteiger partial charge in [-0.2, -0.15) is 10.4 Å². The predicted octanol–water partition coefficient (Wildman–Crippen LogP) is 1.21. The van der Waals surface area contributed by atoms with Crippen LogP contribution in [0.25, 0.3) is 0 Å². The molecule has 0 radical (unpaired) electrons. The first-order chi connectivity index (χ1) is 6.97. The Morgan fingerprint density at radius 2 is 2.27 bits per heavy atom. The van der Waals surface area contributed by atoms with Crippen LogP contribution >= 0.6 is 0 Å². The number of aryl methyl sites for hydroxylation is 1. The third-order valence-corrected chi connectivity index (χ3v) is 2.36. The Kier molecular flexibility index (Phi) is 3.10. The zero-order valence-electron chi connectivity index (χ0n) is 8.98. The second kappa shape index (κ2) is 4.13. The van der Waals surface area contributed by atoms with Gasteiger partial charge >= 0.3 is 5.97 Å². The summed E-state index contributed by atoms with van der Waals surface area (Å²) in [4.78, 5) is 10.6. The number of hydrogen-bond donors (Lipinski definition) is 1. The van der Waals surface area contributed by atoms with Crippen LogP contribution < -0.4 is 0 Å². The van der Waals surface area contributed by atoms with E-state index in [-0.39, 0.29) is 12.5 Å². The molecule has 0 saturated heterocycles. The van der Waals surface area contributed by atoms with Gasteiger partial charge in [-0.25, -0.2) is 0 Å². The van der Waals surface area contributed by atoms with E-state index in [0.717, 1.165) is 5.69 Å². The van der Waals surface area contributed by atoms with E-state index in [9.17, 15) is 4.79 Å². The van der Waals surface area contributed by atoms with Crippen molar-refractivity contribution in [3.05, 3.63) is 17.0 Å². The molecule has 80 valence electrons. The third-order valence-electron chi connectivity index (χ3n) is 2.36. The second-order valence-corrected chi connectivity index (χ2v) is 3.47. The van der Waals surface area contributed by atoms with Crippen LogP contribution in [0.4, 0.5) is 0 Å². The minimum Gasteiger partial charge on any atom is -0.481 e. The Labute approximate surface area is 87.9 Å². The number of aliphatic carboxylic acids is 1. The van der Waals surface area contributed by atoms with E-state index in [0.29, 0.717) is 11.3 Å². The van der Waals surface area contributed by atoms with Gasteiger partial charge in [-0.05, 0) is 20.8 Å². The van der Waals surface area contributed by atoms with Gasteiger partial charge in [0.1, 0.15) is 6.04 Å². The van der Waals surface area contributed by atoms with Gasteiger partial charge in [-0.3, -0.25) is 9.48 Å². The normalized spacial score (nSPS) is 12.1. The topological polar surface area (TPSA) is 78.9 Å². The molecule has 0 fully saturated rings. The van der Waals surface area contributed by atoms with E-state index in [2.05, 4.69) is 11.2 Å². The highest BCUT2D eigenvalue weighted by molar-refractivity contribution is 5.70. The van der Waals surface area contributed by atoms with Crippen LogP contribution in [0.2, 0.25) is 0 Å². The lowest BCUT2D eigenvalue weighted by molar-refractivity contribution is -0.136. The van der Waals surface area contributed by atoms with Gasteiger partial charge in [0.2, 0.25) is 0 Å². The van der Waals surface area contributed by atoms with Crippen LogP contribution in [-0.4, -0.2) is 20.9 Å². The van der Waals surface area contributed by atoms with Crippen molar-refractivity contribution in [2.45, 2.75) is 33.2 Å². The van der Waals surface area contributed by atoms with Crippen LogP contribution in [-0.2, 0) is 11.2 Å². The summed E-state index contributed by atoms with van der Waals surface area (Å²) in [7, 11) is 0. The molecule has 1 aromatic rings. The molecule has 0 aliphatic rings.